The van der Waals surface area contributed by atoms with E-state index in [1.807, 2.05) is 24.3 Å². The second-order valence-electron chi connectivity index (χ2n) is 4.24. The Morgan fingerprint density at radius 3 is 2.39 bits per heavy atom. The zero-order valence-electron chi connectivity index (χ0n) is 11.4. The molecule has 0 radical (unpaired) electrons. The third kappa shape index (κ3) is 3.59. The van der Waals surface area contributed by atoms with E-state index in [9.17, 15) is 4.79 Å². The minimum absolute atomic E-state index is 0.0573. The SMILES string of the molecule is CCc1c(N)ccc(C=CC=CC(C)=O)c1CC. The van der Waals surface area contributed by atoms with Gasteiger partial charge in [-0.25, -0.2) is 0 Å². The molecular weight excluding hydrogens is 222 g/mol. The lowest BCUT2D eigenvalue weighted by Crippen LogP contribution is -2.00. The number of carbonyl (C=O) groups is 1. The van der Waals surface area contributed by atoms with Crippen LogP contribution in [-0.4, -0.2) is 5.78 Å². The molecule has 0 aliphatic carbocycles. The van der Waals surface area contributed by atoms with Crippen LogP contribution in [0.25, 0.3) is 6.08 Å². The molecule has 1 aromatic rings. The maximum absolute atomic E-state index is 10.8. The van der Waals surface area contributed by atoms with Crippen LogP contribution in [0.1, 0.15) is 37.5 Å². The Morgan fingerprint density at radius 1 is 1.17 bits per heavy atom. The quantitative estimate of drug-likeness (QED) is 0.488. The summed E-state index contributed by atoms with van der Waals surface area (Å²) in [5.41, 5.74) is 10.6. The van der Waals surface area contributed by atoms with Gasteiger partial charge >= 0.3 is 0 Å². The Labute approximate surface area is 109 Å². The van der Waals surface area contributed by atoms with Gasteiger partial charge in [-0.3, -0.25) is 4.79 Å². The molecule has 0 unspecified atom stereocenters. The molecule has 2 nitrogen and oxygen atoms in total. The van der Waals surface area contributed by atoms with Crippen LogP contribution in [0.5, 0.6) is 0 Å². The highest BCUT2D eigenvalue weighted by Crippen LogP contribution is 2.23. The van der Waals surface area contributed by atoms with Gasteiger partial charge in [0.1, 0.15) is 0 Å². The molecule has 0 aromatic heterocycles. The molecule has 0 spiro atoms. The number of hydrogen-bond donors (Lipinski definition) is 1. The van der Waals surface area contributed by atoms with Gasteiger partial charge in [0, 0.05) is 5.69 Å². The molecule has 0 saturated heterocycles. The molecule has 2 N–H and O–H groups in total. The maximum atomic E-state index is 10.8. The van der Waals surface area contributed by atoms with Gasteiger partial charge in [-0.1, -0.05) is 38.1 Å². The minimum Gasteiger partial charge on any atom is -0.398 e. The van der Waals surface area contributed by atoms with Crippen LogP contribution in [-0.2, 0) is 17.6 Å². The van der Waals surface area contributed by atoms with Gasteiger partial charge < -0.3 is 5.73 Å². The summed E-state index contributed by atoms with van der Waals surface area (Å²) in [5, 5.41) is 0. The van der Waals surface area contributed by atoms with Crippen molar-refractivity contribution in [3.8, 4) is 0 Å². The van der Waals surface area contributed by atoms with Crippen LogP contribution >= 0.6 is 0 Å². The molecule has 0 heterocycles. The predicted octanol–water partition coefficient (Wildman–Crippen LogP) is 3.55. The van der Waals surface area contributed by atoms with Crippen molar-refractivity contribution in [2.24, 2.45) is 0 Å². The highest BCUT2D eigenvalue weighted by atomic mass is 16.1. The van der Waals surface area contributed by atoms with E-state index in [1.54, 1.807) is 19.1 Å². The topological polar surface area (TPSA) is 43.1 Å². The van der Waals surface area contributed by atoms with Gasteiger partial charge in [0.2, 0.25) is 0 Å². The summed E-state index contributed by atoms with van der Waals surface area (Å²) in [6.45, 7) is 5.80. The van der Waals surface area contributed by atoms with Crippen LogP contribution in [0.4, 0.5) is 5.69 Å². The molecule has 96 valence electrons. The van der Waals surface area contributed by atoms with E-state index in [4.69, 9.17) is 5.73 Å². The van der Waals surface area contributed by atoms with Crippen LogP contribution < -0.4 is 5.73 Å². The summed E-state index contributed by atoms with van der Waals surface area (Å²) in [6.07, 6.45) is 9.15. The second kappa shape index (κ2) is 6.80. The number of allylic oxidation sites excluding steroid dienone is 3. The summed E-state index contributed by atoms with van der Waals surface area (Å²) in [4.78, 5) is 10.8. The van der Waals surface area contributed by atoms with E-state index in [2.05, 4.69) is 13.8 Å². The Morgan fingerprint density at radius 2 is 1.83 bits per heavy atom. The summed E-state index contributed by atoms with van der Waals surface area (Å²) in [7, 11) is 0. The molecule has 0 aliphatic heterocycles. The van der Waals surface area contributed by atoms with Gasteiger partial charge in [0.15, 0.2) is 5.78 Å². The Balaban J connectivity index is 3.06. The number of carbonyl (C=O) groups excluding carboxylic acids is 1. The molecule has 0 saturated carbocycles. The third-order valence-electron chi connectivity index (χ3n) is 2.93. The molecule has 0 aliphatic rings. The molecule has 0 amide bonds. The van der Waals surface area contributed by atoms with E-state index in [0.717, 1.165) is 18.5 Å². The number of hydrogen-bond acceptors (Lipinski definition) is 2. The molecular formula is C16H21NO. The van der Waals surface area contributed by atoms with Gasteiger partial charge in [0.05, 0.1) is 0 Å². The van der Waals surface area contributed by atoms with Gasteiger partial charge in [-0.15, -0.1) is 0 Å². The number of ketones is 1. The summed E-state index contributed by atoms with van der Waals surface area (Å²) >= 11 is 0. The highest BCUT2D eigenvalue weighted by Gasteiger charge is 2.06. The number of rotatable bonds is 5. The van der Waals surface area contributed by atoms with Crippen molar-refractivity contribution in [1.29, 1.82) is 0 Å². The highest BCUT2D eigenvalue weighted by molar-refractivity contribution is 5.87. The van der Waals surface area contributed by atoms with E-state index in [1.165, 1.54) is 16.7 Å². The number of nitrogen functional groups attached to an aromatic ring is 1. The van der Waals surface area contributed by atoms with E-state index < -0.39 is 0 Å². The van der Waals surface area contributed by atoms with Crippen molar-refractivity contribution in [3.05, 3.63) is 47.1 Å². The predicted molar refractivity (Wildman–Crippen MR) is 78.5 cm³/mol. The zero-order valence-corrected chi connectivity index (χ0v) is 11.4. The second-order valence-corrected chi connectivity index (χ2v) is 4.24. The maximum Gasteiger partial charge on any atom is 0.152 e. The van der Waals surface area contributed by atoms with Crippen molar-refractivity contribution in [2.45, 2.75) is 33.6 Å². The molecule has 1 rings (SSSR count). The van der Waals surface area contributed by atoms with Crippen molar-refractivity contribution in [3.63, 3.8) is 0 Å². The van der Waals surface area contributed by atoms with Crippen LogP contribution in [0.3, 0.4) is 0 Å². The monoisotopic (exact) mass is 243 g/mol. The van der Waals surface area contributed by atoms with Crippen LogP contribution in [0.2, 0.25) is 0 Å². The number of nitrogens with two attached hydrogens (primary N) is 1. The third-order valence-corrected chi connectivity index (χ3v) is 2.93. The first-order chi connectivity index (χ1) is 8.60. The van der Waals surface area contributed by atoms with E-state index in [0.29, 0.717) is 0 Å². The average Bonchev–Trinajstić information content (AvgIpc) is 2.35. The van der Waals surface area contributed by atoms with E-state index in [-0.39, 0.29) is 5.78 Å². The molecule has 2 heteroatoms. The van der Waals surface area contributed by atoms with Crippen molar-refractivity contribution in [1.82, 2.24) is 0 Å². The molecule has 18 heavy (non-hydrogen) atoms. The lowest BCUT2D eigenvalue weighted by atomic mass is 9.95. The van der Waals surface area contributed by atoms with Crippen LogP contribution in [0, 0.1) is 0 Å². The van der Waals surface area contributed by atoms with Gasteiger partial charge in [0.25, 0.3) is 0 Å². The van der Waals surface area contributed by atoms with Crippen molar-refractivity contribution >= 4 is 17.5 Å². The summed E-state index contributed by atoms with van der Waals surface area (Å²) < 4.78 is 0. The van der Waals surface area contributed by atoms with Crippen molar-refractivity contribution < 1.29 is 4.79 Å². The summed E-state index contributed by atoms with van der Waals surface area (Å²) in [5.74, 6) is 0.0573. The standard InChI is InChI=1S/C16H21NO/c1-4-14-13(9-7-6-8-12(3)18)10-11-16(17)15(14)5-2/h6-11H,4-5,17H2,1-3H3. The van der Waals surface area contributed by atoms with Crippen molar-refractivity contribution in [2.75, 3.05) is 5.73 Å². The van der Waals surface area contributed by atoms with Gasteiger partial charge in [-0.2, -0.15) is 0 Å². The van der Waals surface area contributed by atoms with Gasteiger partial charge in [-0.05, 0) is 48.6 Å². The fourth-order valence-electron chi connectivity index (χ4n) is 2.07. The lowest BCUT2D eigenvalue weighted by Gasteiger charge is -2.12. The number of anilines is 1. The average molecular weight is 243 g/mol. The molecule has 0 atom stereocenters. The Kier molecular flexibility index (Phi) is 5.37. The molecule has 1 aromatic carbocycles. The lowest BCUT2D eigenvalue weighted by molar-refractivity contribution is -0.112. The molecule has 0 bridgehead atoms. The smallest absolute Gasteiger partial charge is 0.152 e. The zero-order chi connectivity index (χ0) is 13.5. The molecule has 0 fully saturated rings. The first kappa shape index (κ1) is 14.2. The Bertz CT molecular complexity index is 484. The number of benzene rings is 1. The fourth-order valence-corrected chi connectivity index (χ4v) is 2.07. The largest absolute Gasteiger partial charge is 0.398 e. The Hall–Kier alpha value is -1.83. The summed E-state index contributed by atoms with van der Waals surface area (Å²) in [6, 6.07) is 3.98. The minimum atomic E-state index is 0.0573. The fraction of sp³-hybridized carbons (Fsp3) is 0.312. The van der Waals surface area contributed by atoms with E-state index >= 15 is 0 Å². The first-order valence-electron chi connectivity index (χ1n) is 6.35. The first-order valence-corrected chi connectivity index (χ1v) is 6.35. The normalized spacial score (nSPS) is 11.5. The van der Waals surface area contributed by atoms with Crippen LogP contribution in [0.15, 0.2) is 30.4 Å².